The zero-order valence-corrected chi connectivity index (χ0v) is 16.9. The predicted molar refractivity (Wildman–Crippen MR) is 112 cm³/mol. The third-order valence-electron chi connectivity index (χ3n) is 3.97. The van der Waals surface area contributed by atoms with Crippen LogP contribution in [0.2, 0.25) is 0 Å². The SMILES string of the molecule is Nc1cc2c(Nc3ccc(Br)cc3F)ncnc2cc1OCCNC(=O)CCO. The van der Waals surface area contributed by atoms with E-state index in [0.717, 1.165) is 0 Å². The molecule has 3 rings (SSSR count). The number of carbonyl (C=O) groups excluding carboxylic acids is 1. The van der Waals surface area contributed by atoms with Crippen molar-refractivity contribution in [1.82, 2.24) is 15.3 Å². The molecule has 1 amide bonds. The van der Waals surface area contributed by atoms with Crippen molar-refractivity contribution in [2.24, 2.45) is 0 Å². The molecule has 3 aromatic rings. The maximum Gasteiger partial charge on any atom is 0.222 e. The number of nitrogens with two attached hydrogens (primary N) is 1. The highest BCUT2D eigenvalue weighted by Crippen LogP contribution is 2.32. The molecule has 0 spiro atoms. The van der Waals surface area contributed by atoms with E-state index in [2.05, 4.69) is 36.5 Å². The molecule has 0 bridgehead atoms. The summed E-state index contributed by atoms with van der Waals surface area (Å²) in [4.78, 5) is 19.7. The highest BCUT2D eigenvalue weighted by molar-refractivity contribution is 9.10. The minimum absolute atomic E-state index is 0.0454. The van der Waals surface area contributed by atoms with Crippen molar-refractivity contribution in [1.29, 1.82) is 0 Å². The van der Waals surface area contributed by atoms with Gasteiger partial charge in [0.1, 0.15) is 30.3 Å². The van der Waals surface area contributed by atoms with E-state index in [0.29, 0.717) is 32.6 Å². The molecule has 0 atom stereocenters. The Balaban J connectivity index is 1.76. The third-order valence-corrected chi connectivity index (χ3v) is 4.47. The lowest BCUT2D eigenvalue weighted by Gasteiger charge is -2.13. The summed E-state index contributed by atoms with van der Waals surface area (Å²) in [6, 6.07) is 7.97. The molecule has 1 aromatic heterocycles. The van der Waals surface area contributed by atoms with E-state index in [1.807, 2.05) is 0 Å². The highest BCUT2D eigenvalue weighted by Gasteiger charge is 2.11. The Kier molecular flexibility index (Phi) is 6.78. The predicted octanol–water partition coefficient (Wildman–Crippen LogP) is 2.73. The number of hydrogen-bond acceptors (Lipinski definition) is 7. The van der Waals surface area contributed by atoms with Crippen LogP contribution in [0.4, 0.5) is 21.6 Å². The van der Waals surface area contributed by atoms with Gasteiger partial charge in [-0.25, -0.2) is 14.4 Å². The number of anilines is 3. The van der Waals surface area contributed by atoms with Crippen molar-refractivity contribution in [3.8, 4) is 5.75 Å². The van der Waals surface area contributed by atoms with Gasteiger partial charge in [-0.05, 0) is 24.3 Å². The number of halogens is 2. The van der Waals surface area contributed by atoms with Crippen LogP contribution in [-0.4, -0.2) is 40.7 Å². The fourth-order valence-electron chi connectivity index (χ4n) is 2.59. The minimum Gasteiger partial charge on any atom is -0.490 e. The quantitative estimate of drug-likeness (QED) is 0.299. The van der Waals surface area contributed by atoms with Gasteiger partial charge in [-0.3, -0.25) is 4.79 Å². The lowest BCUT2D eigenvalue weighted by atomic mass is 10.2. The first-order valence-corrected chi connectivity index (χ1v) is 9.54. The number of nitrogens with one attached hydrogen (secondary N) is 2. The molecule has 2 aromatic carbocycles. The van der Waals surface area contributed by atoms with Crippen LogP contribution >= 0.6 is 15.9 Å². The smallest absolute Gasteiger partial charge is 0.222 e. The summed E-state index contributed by atoms with van der Waals surface area (Å²) in [7, 11) is 0. The lowest BCUT2D eigenvalue weighted by Crippen LogP contribution is -2.28. The molecule has 0 saturated heterocycles. The van der Waals surface area contributed by atoms with Gasteiger partial charge in [0.05, 0.1) is 30.0 Å². The van der Waals surface area contributed by atoms with E-state index in [4.69, 9.17) is 15.6 Å². The molecule has 29 heavy (non-hydrogen) atoms. The van der Waals surface area contributed by atoms with Gasteiger partial charge in [0, 0.05) is 22.3 Å². The number of fused-ring (bicyclic) bond motifs is 1. The number of aliphatic hydroxyl groups excluding tert-OH is 1. The number of aromatic nitrogens is 2. The molecular weight excluding hydrogens is 445 g/mol. The molecule has 0 fully saturated rings. The number of rotatable bonds is 8. The summed E-state index contributed by atoms with van der Waals surface area (Å²) >= 11 is 3.22. The number of carbonyl (C=O) groups is 1. The highest BCUT2D eigenvalue weighted by atomic mass is 79.9. The molecule has 0 aliphatic carbocycles. The molecule has 0 saturated carbocycles. The average Bonchev–Trinajstić information content (AvgIpc) is 2.68. The maximum absolute atomic E-state index is 14.1. The Morgan fingerprint density at radius 2 is 2.10 bits per heavy atom. The Labute approximate surface area is 174 Å². The number of nitrogen functional groups attached to an aromatic ring is 1. The molecule has 8 nitrogen and oxygen atoms in total. The zero-order chi connectivity index (χ0) is 20.8. The van der Waals surface area contributed by atoms with Crippen LogP contribution < -0.4 is 21.1 Å². The van der Waals surface area contributed by atoms with E-state index in [1.165, 1.54) is 12.4 Å². The first-order valence-electron chi connectivity index (χ1n) is 8.74. The summed E-state index contributed by atoms with van der Waals surface area (Å²) in [5, 5.41) is 14.9. The first kappa shape index (κ1) is 20.7. The van der Waals surface area contributed by atoms with Crippen LogP contribution in [-0.2, 0) is 4.79 Å². The van der Waals surface area contributed by atoms with Crippen molar-refractivity contribution in [2.75, 3.05) is 30.8 Å². The lowest BCUT2D eigenvalue weighted by molar-refractivity contribution is -0.121. The number of benzene rings is 2. The Morgan fingerprint density at radius 3 is 2.86 bits per heavy atom. The number of nitrogens with zero attached hydrogens (tertiary/aromatic N) is 2. The second-order valence-electron chi connectivity index (χ2n) is 6.05. The van der Waals surface area contributed by atoms with Gasteiger partial charge in [-0.2, -0.15) is 0 Å². The molecule has 0 aliphatic heterocycles. The van der Waals surface area contributed by atoms with Gasteiger partial charge in [-0.15, -0.1) is 0 Å². The van der Waals surface area contributed by atoms with Crippen molar-refractivity contribution in [3.05, 3.63) is 46.9 Å². The summed E-state index contributed by atoms with van der Waals surface area (Å²) in [6.45, 7) is 0.271. The normalized spacial score (nSPS) is 10.7. The molecule has 152 valence electrons. The van der Waals surface area contributed by atoms with Gasteiger partial charge in [-0.1, -0.05) is 15.9 Å². The third kappa shape index (κ3) is 5.30. The standard InChI is InChI=1S/C19H19BrFN5O3/c20-11-1-2-15(13(21)7-11)26-19-12-8-14(22)17(9-16(12)24-10-25-19)29-6-4-23-18(28)3-5-27/h1-2,7-10,27H,3-6,22H2,(H,23,28)(H,24,25,26). The Bertz CT molecular complexity index is 1030. The summed E-state index contributed by atoms with van der Waals surface area (Å²) in [5.41, 5.74) is 7.27. The molecule has 0 radical (unpaired) electrons. The fourth-order valence-corrected chi connectivity index (χ4v) is 2.92. The second-order valence-corrected chi connectivity index (χ2v) is 6.97. The van der Waals surface area contributed by atoms with Gasteiger partial charge in [0.25, 0.3) is 0 Å². The van der Waals surface area contributed by atoms with Gasteiger partial charge < -0.3 is 26.2 Å². The summed E-state index contributed by atoms with van der Waals surface area (Å²) in [6.07, 6.45) is 1.40. The largest absolute Gasteiger partial charge is 0.490 e. The minimum atomic E-state index is -0.428. The van der Waals surface area contributed by atoms with Crippen LogP contribution in [0.5, 0.6) is 5.75 Å². The number of aliphatic hydroxyl groups is 1. The van der Waals surface area contributed by atoms with E-state index in [-0.39, 0.29) is 37.8 Å². The Morgan fingerprint density at radius 1 is 1.28 bits per heavy atom. The first-order chi connectivity index (χ1) is 14.0. The number of hydrogen-bond donors (Lipinski definition) is 4. The Hall–Kier alpha value is -2.98. The maximum atomic E-state index is 14.1. The fraction of sp³-hybridized carbons (Fsp3) is 0.211. The molecule has 0 aliphatic rings. The molecule has 1 heterocycles. The van der Waals surface area contributed by atoms with Crippen LogP contribution in [0.15, 0.2) is 41.1 Å². The summed E-state index contributed by atoms with van der Waals surface area (Å²) in [5.74, 6) is 0.132. The van der Waals surface area contributed by atoms with E-state index >= 15 is 0 Å². The molecule has 5 N–H and O–H groups in total. The summed E-state index contributed by atoms with van der Waals surface area (Å²) < 4.78 is 20.4. The molecular formula is C19H19BrFN5O3. The zero-order valence-electron chi connectivity index (χ0n) is 15.3. The van der Waals surface area contributed by atoms with Crippen molar-refractivity contribution in [3.63, 3.8) is 0 Å². The number of amides is 1. The van der Waals surface area contributed by atoms with Gasteiger partial charge in [0.2, 0.25) is 5.91 Å². The van der Waals surface area contributed by atoms with Crippen molar-refractivity contribution in [2.45, 2.75) is 6.42 Å². The van der Waals surface area contributed by atoms with E-state index < -0.39 is 5.82 Å². The van der Waals surface area contributed by atoms with Crippen LogP contribution in [0.3, 0.4) is 0 Å². The number of ether oxygens (including phenoxy) is 1. The molecule has 0 unspecified atom stereocenters. The molecule has 10 heteroatoms. The van der Waals surface area contributed by atoms with Gasteiger partial charge in [0.15, 0.2) is 0 Å². The second kappa shape index (κ2) is 9.48. The van der Waals surface area contributed by atoms with Crippen molar-refractivity contribution >= 4 is 49.9 Å². The van der Waals surface area contributed by atoms with Crippen LogP contribution in [0, 0.1) is 5.82 Å². The van der Waals surface area contributed by atoms with Crippen molar-refractivity contribution < 1.29 is 19.0 Å². The van der Waals surface area contributed by atoms with Gasteiger partial charge >= 0.3 is 0 Å². The monoisotopic (exact) mass is 463 g/mol. The van der Waals surface area contributed by atoms with Crippen LogP contribution in [0.1, 0.15) is 6.42 Å². The van der Waals surface area contributed by atoms with E-state index in [9.17, 15) is 9.18 Å². The van der Waals surface area contributed by atoms with E-state index in [1.54, 1.807) is 24.3 Å². The topological polar surface area (TPSA) is 122 Å². The average molecular weight is 464 g/mol. The van der Waals surface area contributed by atoms with Crippen LogP contribution in [0.25, 0.3) is 10.9 Å².